The summed E-state index contributed by atoms with van der Waals surface area (Å²) in [7, 11) is 0. The van der Waals surface area contributed by atoms with Crippen LogP contribution in [0, 0.1) is 5.82 Å². The van der Waals surface area contributed by atoms with Crippen molar-refractivity contribution in [3.05, 3.63) is 30.1 Å². The third-order valence-corrected chi connectivity index (χ3v) is 4.27. The molecule has 0 atom stereocenters. The van der Waals surface area contributed by atoms with Crippen LogP contribution in [0.25, 0.3) is 0 Å². The predicted molar refractivity (Wildman–Crippen MR) is 80.3 cm³/mol. The topological polar surface area (TPSA) is 40.5 Å². The lowest BCUT2D eigenvalue weighted by molar-refractivity contribution is -0.131. The third-order valence-electron chi connectivity index (χ3n) is 3.23. The van der Waals surface area contributed by atoms with Crippen molar-refractivity contribution >= 4 is 17.7 Å². The van der Waals surface area contributed by atoms with E-state index in [2.05, 4.69) is 0 Å². The van der Waals surface area contributed by atoms with Gasteiger partial charge in [0, 0.05) is 17.5 Å². The summed E-state index contributed by atoms with van der Waals surface area (Å²) < 4.78 is 13.5. The number of carbonyl (C=O) groups is 1. The first-order chi connectivity index (χ1) is 9.63. The average Bonchev–Trinajstić information content (AvgIpc) is 2.46. The maximum Gasteiger partial charge on any atom is 0.233 e. The van der Waals surface area contributed by atoms with Gasteiger partial charge in [0.15, 0.2) is 0 Å². The molecule has 3 nitrogen and oxygen atoms in total. The molecule has 0 fully saturated rings. The van der Waals surface area contributed by atoms with E-state index in [0.29, 0.717) is 11.4 Å². The Kier molecular flexibility index (Phi) is 7.62. The van der Waals surface area contributed by atoms with Gasteiger partial charge in [-0.05, 0) is 25.0 Å². The number of aliphatic hydroxyl groups is 1. The molecular formula is C15H22FNO2S. The second-order valence-corrected chi connectivity index (χ2v) is 5.52. The van der Waals surface area contributed by atoms with E-state index in [1.54, 1.807) is 23.1 Å². The molecule has 1 amide bonds. The molecule has 0 saturated heterocycles. The van der Waals surface area contributed by atoms with Gasteiger partial charge in [0.1, 0.15) is 5.82 Å². The summed E-state index contributed by atoms with van der Waals surface area (Å²) in [6.07, 6.45) is 1.71. The van der Waals surface area contributed by atoms with Gasteiger partial charge in [0.2, 0.25) is 5.91 Å². The first-order valence-corrected chi connectivity index (χ1v) is 7.90. The summed E-state index contributed by atoms with van der Waals surface area (Å²) in [5.41, 5.74) is 0. The zero-order valence-electron chi connectivity index (χ0n) is 12.0. The lowest BCUT2D eigenvalue weighted by atomic mass is 10.1. The summed E-state index contributed by atoms with van der Waals surface area (Å²) in [5.74, 6) is -0.167. The Labute approximate surface area is 124 Å². The van der Waals surface area contributed by atoms with Crippen molar-refractivity contribution in [2.24, 2.45) is 0 Å². The Morgan fingerprint density at radius 1 is 1.35 bits per heavy atom. The van der Waals surface area contributed by atoms with Crippen molar-refractivity contribution in [2.45, 2.75) is 37.6 Å². The fraction of sp³-hybridized carbons (Fsp3) is 0.533. The number of thioether (sulfide) groups is 1. The highest BCUT2D eigenvalue weighted by Gasteiger charge is 2.20. The molecular weight excluding hydrogens is 277 g/mol. The second kappa shape index (κ2) is 8.97. The van der Waals surface area contributed by atoms with Crippen LogP contribution in [0.3, 0.4) is 0 Å². The molecule has 0 heterocycles. The highest BCUT2D eigenvalue weighted by atomic mass is 32.2. The van der Waals surface area contributed by atoms with Gasteiger partial charge >= 0.3 is 0 Å². The molecule has 0 bridgehead atoms. The van der Waals surface area contributed by atoms with Gasteiger partial charge in [0.05, 0.1) is 12.4 Å². The molecule has 112 valence electrons. The molecule has 1 aromatic carbocycles. The lowest BCUT2D eigenvalue weighted by Gasteiger charge is -2.30. The number of amides is 1. The molecule has 0 saturated carbocycles. The Hall–Kier alpha value is -1.07. The van der Waals surface area contributed by atoms with Gasteiger partial charge in [-0.3, -0.25) is 4.79 Å². The molecule has 1 aromatic rings. The molecule has 1 N–H and O–H groups in total. The molecule has 0 radical (unpaired) electrons. The van der Waals surface area contributed by atoms with E-state index in [0.717, 1.165) is 12.8 Å². The quantitative estimate of drug-likeness (QED) is 0.750. The Bertz CT molecular complexity index is 424. The van der Waals surface area contributed by atoms with Crippen LogP contribution in [0.5, 0.6) is 0 Å². The van der Waals surface area contributed by atoms with Crippen molar-refractivity contribution < 1.29 is 14.3 Å². The van der Waals surface area contributed by atoms with E-state index < -0.39 is 0 Å². The molecule has 1 rings (SSSR count). The van der Waals surface area contributed by atoms with Crippen molar-refractivity contribution in [1.82, 2.24) is 4.90 Å². The SMILES string of the molecule is CCC(CC)N(CCO)C(=O)CSc1ccccc1F. The standard InChI is InChI=1S/C15H22FNO2S/c1-3-12(4-2)17(9-10-18)15(19)11-20-14-8-6-5-7-13(14)16/h5-8,12,18H,3-4,9-11H2,1-2H3. The predicted octanol–water partition coefficient (Wildman–Crippen LogP) is 2.93. The van der Waals surface area contributed by atoms with Crippen molar-refractivity contribution in [3.63, 3.8) is 0 Å². The monoisotopic (exact) mass is 299 g/mol. The largest absolute Gasteiger partial charge is 0.395 e. The van der Waals surface area contributed by atoms with E-state index in [4.69, 9.17) is 5.11 Å². The molecule has 0 spiro atoms. The van der Waals surface area contributed by atoms with Crippen LogP contribution < -0.4 is 0 Å². The van der Waals surface area contributed by atoms with E-state index in [1.165, 1.54) is 17.8 Å². The Balaban J connectivity index is 2.64. The van der Waals surface area contributed by atoms with E-state index in [9.17, 15) is 9.18 Å². The lowest BCUT2D eigenvalue weighted by Crippen LogP contribution is -2.42. The molecule has 0 aliphatic carbocycles. The minimum absolute atomic E-state index is 0.0490. The van der Waals surface area contributed by atoms with Gasteiger partial charge in [-0.25, -0.2) is 4.39 Å². The normalized spacial score (nSPS) is 10.8. The molecule has 0 unspecified atom stereocenters. The maximum atomic E-state index is 13.5. The number of hydrogen-bond donors (Lipinski definition) is 1. The third kappa shape index (κ3) is 4.80. The first-order valence-electron chi connectivity index (χ1n) is 6.91. The number of aliphatic hydroxyl groups excluding tert-OH is 1. The van der Waals surface area contributed by atoms with Gasteiger partial charge in [-0.1, -0.05) is 26.0 Å². The van der Waals surface area contributed by atoms with Gasteiger partial charge < -0.3 is 10.0 Å². The first kappa shape index (κ1) is 17.0. The average molecular weight is 299 g/mol. The number of rotatable bonds is 8. The van der Waals surface area contributed by atoms with E-state index in [1.807, 2.05) is 13.8 Å². The number of benzene rings is 1. The molecule has 0 aliphatic rings. The van der Waals surface area contributed by atoms with Crippen molar-refractivity contribution in [2.75, 3.05) is 18.9 Å². The van der Waals surface area contributed by atoms with Gasteiger partial charge in [0.25, 0.3) is 0 Å². The minimum Gasteiger partial charge on any atom is -0.395 e. The number of halogens is 1. The molecule has 0 aromatic heterocycles. The van der Waals surface area contributed by atoms with Crippen LogP contribution in [0.2, 0.25) is 0 Å². The highest BCUT2D eigenvalue weighted by Crippen LogP contribution is 2.22. The highest BCUT2D eigenvalue weighted by molar-refractivity contribution is 8.00. The Morgan fingerprint density at radius 2 is 2.00 bits per heavy atom. The van der Waals surface area contributed by atoms with Gasteiger partial charge in [-0.2, -0.15) is 0 Å². The van der Waals surface area contributed by atoms with Crippen LogP contribution in [-0.2, 0) is 4.79 Å². The van der Waals surface area contributed by atoms with E-state index in [-0.39, 0.29) is 30.1 Å². The number of hydrogen-bond acceptors (Lipinski definition) is 3. The minimum atomic E-state index is -0.304. The van der Waals surface area contributed by atoms with Gasteiger partial charge in [-0.15, -0.1) is 11.8 Å². The van der Waals surface area contributed by atoms with Crippen LogP contribution >= 0.6 is 11.8 Å². The second-order valence-electron chi connectivity index (χ2n) is 4.50. The van der Waals surface area contributed by atoms with Crippen LogP contribution in [0.15, 0.2) is 29.2 Å². The summed E-state index contributed by atoms with van der Waals surface area (Å²) in [5, 5.41) is 9.09. The molecule has 0 aliphatic heterocycles. The van der Waals surface area contributed by atoms with E-state index >= 15 is 0 Å². The van der Waals surface area contributed by atoms with Crippen LogP contribution in [0.1, 0.15) is 26.7 Å². The smallest absolute Gasteiger partial charge is 0.233 e. The zero-order valence-corrected chi connectivity index (χ0v) is 12.8. The number of carbonyl (C=O) groups excluding carboxylic acids is 1. The summed E-state index contributed by atoms with van der Waals surface area (Å²) in [4.78, 5) is 14.4. The maximum absolute atomic E-state index is 13.5. The molecule has 20 heavy (non-hydrogen) atoms. The van der Waals surface area contributed by atoms with Crippen molar-refractivity contribution in [3.8, 4) is 0 Å². The number of nitrogens with zero attached hydrogens (tertiary/aromatic N) is 1. The fourth-order valence-corrected chi connectivity index (χ4v) is 2.96. The fourth-order valence-electron chi connectivity index (χ4n) is 2.13. The van der Waals surface area contributed by atoms with Crippen LogP contribution in [-0.4, -0.2) is 40.9 Å². The molecule has 5 heteroatoms. The summed E-state index contributed by atoms with van der Waals surface area (Å²) >= 11 is 1.20. The van der Waals surface area contributed by atoms with Crippen LogP contribution in [0.4, 0.5) is 4.39 Å². The zero-order chi connectivity index (χ0) is 15.0. The van der Waals surface area contributed by atoms with Crippen molar-refractivity contribution in [1.29, 1.82) is 0 Å². The Morgan fingerprint density at radius 3 is 2.55 bits per heavy atom. The summed E-state index contributed by atoms with van der Waals surface area (Å²) in [6.45, 7) is 4.33. The summed E-state index contributed by atoms with van der Waals surface area (Å²) in [6, 6.07) is 6.57.